The van der Waals surface area contributed by atoms with E-state index in [2.05, 4.69) is 27.3 Å². The Morgan fingerprint density at radius 2 is 1.90 bits per heavy atom. The highest BCUT2D eigenvalue weighted by molar-refractivity contribution is 7.90. The Morgan fingerprint density at radius 3 is 2.64 bits per heavy atom. The number of anilines is 1. The van der Waals surface area contributed by atoms with Crippen molar-refractivity contribution in [1.82, 2.24) is 19.3 Å². The van der Waals surface area contributed by atoms with E-state index in [1.165, 1.54) is 24.5 Å². The fourth-order valence-electron chi connectivity index (χ4n) is 4.60. The number of nitrogens with zero attached hydrogens (tertiary/aromatic N) is 4. The van der Waals surface area contributed by atoms with Crippen LogP contribution < -0.4 is 10.4 Å². The molecule has 2 aliphatic rings. The molecule has 3 aromatic rings. The number of rotatable bonds is 8. The van der Waals surface area contributed by atoms with Gasteiger partial charge in [-0.2, -0.15) is 0 Å². The molecule has 2 saturated heterocycles. The van der Waals surface area contributed by atoms with Gasteiger partial charge < -0.3 is 14.5 Å². The molecule has 1 atom stereocenters. The Labute approximate surface area is 228 Å². The molecule has 1 N–H and O–H groups in total. The number of carbonyl (C=O) groups is 1. The third kappa shape index (κ3) is 6.56. The zero-order valence-electron chi connectivity index (χ0n) is 21.9. The van der Waals surface area contributed by atoms with Gasteiger partial charge in [0.15, 0.2) is 6.29 Å². The molecule has 1 unspecified atom stereocenters. The van der Waals surface area contributed by atoms with Crippen LogP contribution in [0.4, 0.5) is 5.82 Å². The van der Waals surface area contributed by atoms with E-state index in [1.54, 1.807) is 24.4 Å². The van der Waals surface area contributed by atoms with E-state index in [0.29, 0.717) is 12.2 Å². The minimum Gasteiger partial charge on any atom is -0.354 e. The Balaban J connectivity index is 1.25. The lowest BCUT2D eigenvalue weighted by atomic mass is 10.1. The third-order valence-electron chi connectivity index (χ3n) is 6.88. The average Bonchev–Trinajstić information content (AvgIpc) is 3.46. The fraction of sp³-hybridized carbons (Fsp3) is 0.357. The van der Waals surface area contributed by atoms with Crippen LogP contribution in [0, 0.1) is 0 Å². The summed E-state index contributed by atoms with van der Waals surface area (Å²) in [5, 5.41) is 0. The molecule has 2 fully saturated rings. The van der Waals surface area contributed by atoms with Gasteiger partial charge >= 0.3 is 0 Å². The van der Waals surface area contributed by atoms with Gasteiger partial charge in [-0.15, -0.1) is 0 Å². The van der Waals surface area contributed by atoms with Gasteiger partial charge in [-0.05, 0) is 67.4 Å². The minimum atomic E-state index is -3.81. The number of ether oxygens (including phenoxy) is 1. The van der Waals surface area contributed by atoms with Crippen LogP contribution in [0.3, 0.4) is 0 Å². The van der Waals surface area contributed by atoms with Gasteiger partial charge in [0.05, 0.1) is 4.90 Å². The predicted molar refractivity (Wildman–Crippen MR) is 148 cm³/mol. The molecule has 0 radical (unpaired) electrons. The van der Waals surface area contributed by atoms with Crippen LogP contribution in [0.1, 0.15) is 24.8 Å². The number of aromatic nitrogens is 2. The molecule has 10 nitrogen and oxygen atoms in total. The van der Waals surface area contributed by atoms with Crippen molar-refractivity contribution in [1.29, 1.82) is 0 Å². The number of carbonyl (C=O) groups excluding carboxylic acids is 1. The van der Waals surface area contributed by atoms with E-state index in [4.69, 9.17) is 9.57 Å². The van der Waals surface area contributed by atoms with E-state index in [9.17, 15) is 13.2 Å². The van der Waals surface area contributed by atoms with Crippen molar-refractivity contribution in [2.24, 2.45) is 0 Å². The second kappa shape index (κ2) is 12.1. The first-order chi connectivity index (χ1) is 18.9. The van der Waals surface area contributed by atoms with Crippen molar-refractivity contribution in [3.63, 3.8) is 0 Å². The van der Waals surface area contributed by atoms with Crippen molar-refractivity contribution >= 4 is 27.8 Å². The fourth-order valence-corrected chi connectivity index (χ4v) is 5.80. The van der Waals surface area contributed by atoms with Crippen LogP contribution in [-0.2, 0) is 24.4 Å². The highest BCUT2D eigenvalue weighted by Crippen LogP contribution is 2.30. The maximum absolute atomic E-state index is 13.3. The number of hydrogen-bond donors (Lipinski definition) is 1. The summed E-state index contributed by atoms with van der Waals surface area (Å²) < 4.78 is 33.1. The first kappa shape index (κ1) is 27.1. The van der Waals surface area contributed by atoms with Crippen molar-refractivity contribution in [3.05, 3.63) is 72.7 Å². The number of hydrogen-bond acceptors (Lipinski definition) is 8. The number of nitrogens with one attached hydrogen (secondary N) is 1. The molecule has 11 heteroatoms. The van der Waals surface area contributed by atoms with Gasteiger partial charge in [0.25, 0.3) is 15.9 Å². The normalized spacial score (nSPS) is 18.9. The van der Waals surface area contributed by atoms with E-state index < -0.39 is 22.2 Å². The zero-order valence-corrected chi connectivity index (χ0v) is 22.7. The van der Waals surface area contributed by atoms with E-state index in [0.717, 1.165) is 66.4 Å². The molecule has 2 aromatic heterocycles. The van der Waals surface area contributed by atoms with Crippen molar-refractivity contribution < 1.29 is 22.8 Å². The smallest absolute Gasteiger partial charge is 0.267 e. The number of pyridine rings is 1. The summed E-state index contributed by atoms with van der Waals surface area (Å²) in [6.07, 6.45) is 9.78. The number of amides is 1. The highest BCUT2D eigenvalue weighted by atomic mass is 32.2. The van der Waals surface area contributed by atoms with Crippen molar-refractivity contribution in [2.45, 2.75) is 30.4 Å². The maximum Gasteiger partial charge on any atom is 0.267 e. The summed E-state index contributed by atoms with van der Waals surface area (Å²) in [4.78, 5) is 26.7. The van der Waals surface area contributed by atoms with Crippen LogP contribution in [-0.4, -0.2) is 74.3 Å². The van der Waals surface area contributed by atoms with Crippen LogP contribution in [0.5, 0.6) is 0 Å². The largest absolute Gasteiger partial charge is 0.354 e. The number of piperazine rings is 1. The Morgan fingerprint density at radius 1 is 1.10 bits per heavy atom. The molecule has 0 bridgehead atoms. The number of likely N-dealkylation sites (N-methyl/N-ethyl adjacent to an activating group) is 1. The molecule has 5 rings (SSSR count). The molecule has 2 aliphatic heterocycles. The van der Waals surface area contributed by atoms with Gasteiger partial charge in [0.1, 0.15) is 5.82 Å². The molecule has 4 heterocycles. The first-order valence-electron chi connectivity index (χ1n) is 13.1. The third-order valence-corrected chi connectivity index (χ3v) is 8.53. The number of benzene rings is 1. The second-order valence-corrected chi connectivity index (χ2v) is 11.5. The summed E-state index contributed by atoms with van der Waals surface area (Å²) >= 11 is 0. The Hall–Kier alpha value is -3.51. The molecule has 39 heavy (non-hydrogen) atoms. The van der Waals surface area contributed by atoms with Crippen LogP contribution in [0.2, 0.25) is 0 Å². The zero-order chi connectivity index (χ0) is 27.2. The Bertz CT molecular complexity index is 1410. The van der Waals surface area contributed by atoms with Crippen LogP contribution in [0.25, 0.3) is 17.2 Å². The molecular weight excluding hydrogens is 518 g/mol. The summed E-state index contributed by atoms with van der Waals surface area (Å²) in [5.41, 5.74) is 4.78. The van der Waals surface area contributed by atoms with Gasteiger partial charge in [-0.3, -0.25) is 4.79 Å². The van der Waals surface area contributed by atoms with E-state index in [-0.39, 0.29) is 4.90 Å². The lowest BCUT2D eigenvalue weighted by Gasteiger charge is -2.34. The lowest BCUT2D eigenvalue weighted by Crippen LogP contribution is -2.45. The van der Waals surface area contributed by atoms with E-state index >= 15 is 0 Å². The minimum absolute atomic E-state index is 0.168. The quantitative estimate of drug-likeness (QED) is 0.336. The van der Waals surface area contributed by atoms with Crippen molar-refractivity contribution in [3.8, 4) is 11.1 Å². The van der Waals surface area contributed by atoms with E-state index in [1.807, 2.05) is 24.3 Å². The molecule has 1 aromatic carbocycles. The Kier molecular flexibility index (Phi) is 8.41. The van der Waals surface area contributed by atoms with Gasteiger partial charge in [-0.25, -0.2) is 27.7 Å². The van der Waals surface area contributed by atoms with Gasteiger partial charge in [0, 0.05) is 69.4 Å². The molecule has 206 valence electrons. The molecule has 0 spiro atoms. The van der Waals surface area contributed by atoms with Crippen LogP contribution >= 0.6 is 0 Å². The molecule has 1 amide bonds. The SMILES string of the molecule is CN1CCN(c2ncccc2-c2ccc(S(=O)(=O)n3ccc(C=CC(=O)NOC4CCCCO4)c3)cc2)CC1. The summed E-state index contributed by atoms with van der Waals surface area (Å²) in [6, 6.07) is 12.4. The average molecular weight is 552 g/mol. The summed E-state index contributed by atoms with van der Waals surface area (Å²) in [5.74, 6) is 0.450. The van der Waals surface area contributed by atoms with Gasteiger partial charge in [0.2, 0.25) is 0 Å². The first-order valence-corrected chi connectivity index (χ1v) is 14.5. The molecule has 0 saturated carbocycles. The molecular formula is C28H33N5O5S. The predicted octanol–water partition coefficient (Wildman–Crippen LogP) is 3.13. The second-order valence-electron chi connectivity index (χ2n) is 9.68. The van der Waals surface area contributed by atoms with Crippen molar-refractivity contribution in [2.75, 3.05) is 44.7 Å². The standard InChI is InChI=1S/C28H33N5O5S/c1-31-16-18-32(19-17-31)28-25(5-4-14-29-28)23-8-10-24(11-9-23)39(35,36)33-15-13-22(21-33)7-12-26(34)30-38-27-6-2-3-20-37-27/h4-5,7-15,21,27H,2-3,6,16-20H2,1H3,(H,30,34). The topological polar surface area (TPSA) is 106 Å². The highest BCUT2D eigenvalue weighted by Gasteiger charge is 2.21. The molecule has 0 aliphatic carbocycles. The van der Waals surface area contributed by atoms with Gasteiger partial charge in [-0.1, -0.05) is 12.1 Å². The summed E-state index contributed by atoms with van der Waals surface area (Å²) in [7, 11) is -1.70. The van der Waals surface area contributed by atoms with Crippen LogP contribution in [0.15, 0.2) is 72.0 Å². The monoisotopic (exact) mass is 551 g/mol. The summed E-state index contributed by atoms with van der Waals surface area (Å²) in [6.45, 7) is 4.33. The lowest BCUT2D eigenvalue weighted by molar-refractivity contribution is -0.198. The number of hydroxylamine groups is 1. The maximum atomic E-state index is 13.3.